The summed E-state index contributed by atoms with van der Waals surface area (Å²) in [6.45, 7) is 4.03. The van der Waals surface area contributed by atoms with Crippen molar-refractivity contribution in [3.63, 3.8) is 0 Å². The van der Waals surface area contributed by atoms with Gasteiger partial charge in [-0.05, 0) is 41.8 Å². The van der Waals surface area contributed by atoms with Crippen molar-refractivity contribution in [2.45, 2.75) is 24.7 Å². The van der Waals surface area contributed by atoms with E-state index in [0.717, 1.165) is 11.6 Å². The van der Waals surface area contributed by atoms with E-state index in [1.807, 2.05) is 13.8 Å². The monoisotopic (exact) mass is 327 g/mol. The van der Waals surface area contributed by atoms with E-state index in [0.29, 0.717) is 5.92 Å². The van der Waals surface area contributed by atoms with Crippen LogP contribution in [-0.2, 0) is 10.0 Å². The number of halogens is 2. The van der Waals surface area contributed by atoms with Crippen molar-refractivity contribution < 1.29 is 12.8 Å². The summed E-state index contributed by atoms with van der Waals surface area (Å²) in [5.74, 6) is -0.373. The molecule has 0 fully saturated rings. The van der Waals surface area contributed by atoms with Gasteiger partial charge in [0.2, 0.25) is 0 Å². The summed E-state index contributed by atoms with van der Waals surface area (Å²) in [4.78, 5) is 0.0753. The molecule has 0 bridgehead atoms. The summed E-state index contributed by atoms with van der Waals surface area (Å²) in [6.07, 6.45) is 0. The molecule has 1 N–H and O–H groups in total. The molecule has 0 radical (unpaired) electrons. The molecule has 0 saturated heterocycles. The quantitative estimate of drug-likeness (QED) is 0.904. The van der Waals surface area contributed by atoms with Gasteiger partial charge < -0.3 is 0 Å². The minimum atomic E-state index is -3.84. The highest BCUT2D eigenvalue weighted by molar-refractivity contribution is 7.92. The maximum atomic E-state index is 13.6. The average Bonchev–Trinajstić information content (AvgIpc) is 2.43. The van der Waals surface area contributed by atoms with Gasteiger partial charge in [-0.15, -0.1) is 0 Å². The average molecular weight is 328 g/mol. The fraction of sp³-hybridized carbons (Fsp3) is 0.200. The predicted octanol–water partition coefficient (Wildman–Crippen LogP) is 4.40. The topological polar surface area (TPSA) is 46.2 Å². The van der Waals surface area contributed by atoms with Crippen molar-refractivity contribution in [1.82, 2.24) is 0 Å². The Hall–Kier alpha value is -1.59. The zero-order valence-corrected chi connectivity index (χ0v) is 13.2. The van der Waals surface area contributed by atoms with Gasteiger partial charge in [0.15, 0.2) is 0 Å². The smallest absolute Gasteiger partial charge is 0.261 e. The van der Waals surface area contributed by atoms with Crippen LogP contribution in [0.1, 0.15) is 25.3 Å². The summed E-state index contributed by atoms with van der Waals surface area (Å²) in [5.41, 5.74) is 0.860. The molecule has 0 aliphatic rings. The molecule has 0 aromatic heterocycles. The van der Waals surface area contributed by atoms with Crippen LogP contribution in [0.15, 0.2) is 47.4 Å². The molecule has 6 heteroatoms. The number of hydrogen-bond acceptors (Lipinski definition) is 2. The van der Waals surface area contributed by atoms with Gasteiger partial charge in [-0.2, -0.15) is 0 Å². The number of sulfonamides is 1. The lowest BCUT2D eigenvalue weighted by atomic mass is 10.0. The molecule has 2 aromatic carbocycles. The van der Waals surface area contributed by atoms with Gasteiger partial charge in [-0.1, -0.05) is 37.6 Å². The molecule has 2 rings (SSSR count). The van der Waals surface area contributed by atoms with E-state index in [2.05, 4.69) is 4.72 Å². The SMILES string of the molecule is CC(C)c1ccc(S(=O)(=O)Nc2cc(Cl)ccc2F)cc1. The Labute approximate surface area is 128 Å². The van der Waals surface area contributed by atoms with E-state index in [1.54, 1.807) is 12.1 Å². The summed E-state index contributed by atoms with van der Waals surface area (Å²) in [5, 5.41) is 0.254. The predicted molar refractivity (Wildman–Crippen MR) is 82.7 cm³/mol. The van der Waals surface area contributed by atoms with E-state index < -0.39 is 15.8 Å². The highest BCUT2D eigenvalue weighted by Gasteiger charge is 2.16. The minimum Gasteiger partial charge on any atom is -0.277 e. The maximum Gasteiger partial charge on any atom is 0.261 e. The Bertz CT molecular complexity index is 743. The molecule has 3 nitrogen and oxygen atoms in total. The van der Waals surface area contributed by atoms with E-state index in [-0.39, 0.29) is 15.6 Å². The molecule has 0 amide bonds. The van der Waals surface area contributed by atoms with Crippen molar-refractivity contribution in [3.05, 3.63) is 58.9 Å². The van der Waals surface area contributed by atoms with Gasteiger partial charge in [0, 0.05) is 5.02 Å². The van der Waals surface area contributed by atoms with Gasteiger partial charge in [0.05, 0.1) is 10.6 Å². The third-order valence-corrected chi connectivity index (χ3v) is 4.65. The standard InChI is InChI=1S/C15H15ClFNO2S/c1-10(2)11-3-6-13(7-4-11)21(19,20)18-15-9-12(16)5-8-14(15)17/h3-10,18H,1-2H3. The van der Waals surface area contributed by atoms with Gasteiger partial charge in [-0.3, -0.25) is 4.72 Å². The third kappa shape index (κ3) is 3.74. The zero-order chi connectivity index (χ0) is 15.6. The summed E-state index contributed by atoms with van der Waals surface area (Å²) in [6, 6.07) is 10.2. The van der Waals surface area contributed by atoms with Crippen LogP contribution >= 0.6 is 11.6 Å². The molecule has 112 valence electrons. The number of anilines is 1. The second-order valence-corrected chi connectivity index (χ2v) is 7.07. The Morgan fingerprint density at radius 2 is 1.71 bits per heavy atom. The molecule has 2 aromatic rings. The number of hydrogen-bond donors (Lipinski definition) is 1. The zero-order valence-electron chi connectivity index (χ0n) is 11.6. The Morgan fingerprint density at radius 3 is 2.29 bits per heavy atom. The summed E-state index contributed by atoms with van der Waals surface area (Å²) >= 11 is 5.75. The van der Waals surface area contributed by atoms with Crippen molar-refractivity contribution in [2.24, 2.45) is 0 Å². The highest BCUT2D eigenvalue weighted by Crippen LogP contribution is 2.24. The first-order valence-electron chi connectivity index (χ1n) is 6.37. The number of nitrogens with one attached hydrogen (secondary N) is 1. The van der Waals surface area contributed by atoms with E-state index in [9.17, 15) is 12.8 Å². The van der Waals surface area contributed by atoms with Gasteiger partial charge in [0.25, 0.3) is 10.0 Å². The fourth-order valence-electron chi connectivity index (χ4n) is 1.81. The van der Waals surface area contributed by atoms with Crippen molar-refractivity contribution >= 4 is 27.3 Å². The Kier molecular flexibility index (Phi) is 4.54. The van der Waals surface area contributed by atoms with Crippen LogP contribution in [0.25, 0.3) is 0 Å². The second-order valence-electron chi connectivity index (χ2n) is 4.95. The lowest BCUT2D eigenvalue weighted by molar-refractivity contribution is 0.598. The van der Waals surface area contributed by atoms with Crippen molar-refractivity contribution in [1.29, 1.82) is 0 Å². The number of benzene rings is 2. The third-order valence-electron chi connectivity index (χ3n) is 3.03. The van der Waals surface area contributed by atoms with Crippen LogP contribution in [0, 0.1) is 5.82 Å². The lowest BCUT2D eigenvalue weighted by Gasteiger charge is -2.11. The maximum absolute atomic E-state index is 13.6. The molecule has 21 heavy (non-hydrogen) atoms. The van der Waals surface area contributed by atoms with Crippen LogP contribution in [0.4, 0.5) is 10.1 Å². The first kappa shape index (κ1) is 15.8. The molecular weight excluding hydrogens is 313 g/mol. The first-order chi connectivity index (χ1) is 9.79. The summed E-state index contributed by atoms with van der Waals surface area (Å²) < 4.78 is 40.3. The van der Waals surface area contributed by atoms with Crippen LogP contribution in [0.3, 0.4) is 0 Å². The molecule has 0 aliphatic heterocycles. The van der Waals surface area contributed by atoms with Crippen molar-refractivity contribution in [3.8, 4) is 0 Å². The highest BCUT2D eigenvalue weighted by atomic mass is 35.5. The molecule has 0 spiro atoms. The van der Waals surface area contributed by atoms with E-state index in [1.165, 1.54) is 24.3 Å². The fourth-order valence-corrected chi connectivity index (χ4v) is 3.04. The van der Waals surface area contributed by atoms with Gasteiger partial charge in [-0.25, -0.2) is 12.8 Å². The minimum absolute atomic E-state index is 0.0753. The number of rotatable bonds is 4. The molecule has 0 saturated carbocycles. The molecule has 0 unspecified atom stereocenters. The lowest BCUT2D eigenvalue weighted by Crippen LogP contribution is -2.14. The second kappa shape index (κ2) is 6.03. The molecule has 0 aliphatic carbocycles. The van der Waals surface area contributed by atoms with Gasteiger partial charge >= 0.3 is 0 Å². The normalized spacial score (nSPS) is 11.7. The van der Waals surface area contributed by atoms with Crippen molar-refractivity contribution in [2.75, 3.05) is 4.72 Å². The Morgan fingerprint density at radius 1 is 1.10 bits per heavy atom. The first-order valence-corrected chi connectivity index (χ1v) is 8.23. The van der Waals surface area contributed by atoms with Crippen LogP contribution in [0.5, 0.6) is 0 Å². The van der Waals surface area contributed by atoms with Crippen LogP contribution < -0.4 is 4.72 Å². The summed E-state index contributed by atoms with van der Waals surface area (Å²) in [7, 11) is -3.84. The molecule has 0 atom stereocenters. The van der Waals surface area contributed by atoms with E-state index in [4.69, 9.17) is 11.6 Å². The van der Waals surface area contributed by atoms with Gasteiger partial charge in [0.1, 0.15) is 5.82 Å². The Balaban J connectivity index is 2.31. The van der Waals surface area contributed by atoms with E-state index >= 15 is 0 Å². The molecular formula is C15H15ClFNO2S. The van der Waals surface area contributed by atoms with Crippen LogP contribution in [0.2, 0.25) is 5.02 Å². The van der Waals surface area contributed by atoms with Crippen LogP contribution in [-0.4, -0.2) is 8.42 Å². The largest absolute Gasteiger partial charge is 0.277 e. The molecule has 0 heterocycles.